The predicted molar refractivity (Wildman–Crippen MR) is 181 cm³/mol. The van der Waals surface area contributed by atoms with E-state index in [1.165, 1.54) is 16.7 Å². The van der Waals surface area contributed by atoms with Crippen LogP contribution in [0.4, 0.5) is 0 Å². The first-order chi connectivity index (χ1) is 21.9. The molecular weight excluding hydrogens is 574 g/mol. The lowest BCUT2D eigenvalue weighted by atomic mass is 9.69. The Bertz CT molecular complexity index is 2010. The molecule has 1 heterocycles. The Morgan fingerprint density at radius 3 is 1.50 bits per heavy atom. The van der Waals surface area contributed by atoms with Crippen LogP contribution in [0.25, 0.3) is 27.9 Å². The molecular formula is C39H41N3O4. The van der Waals surface area contributed by atoms with Crippen LogP contribution in [-0.4, -0.2) is 43.4 Å². The number of rotatable bonds is 5. The quantitative estimate of drug-likeness (QED) is 0.194. The van der Waals surface area contributed by atoms with Crippen molar-refractivity contribution in [2.45, 2.75) is 57.8 Å². The van der Waals surface area contributed by atoms with Gasteiger partial charge in [0.2, 0.25) is 0 Å². The zero-order valence-electron chi connectivity index (χ0n) is 28.3. The molecule has 0 fully saturated rings. The second kappa shape index (κ2) is 10.1. The Hall–Kier alpha value is -4.78. The average Bonchev–Trinajstić information content (AvgIpc) is 3.72. The Kier molecular flexibility index (Phi) is 6.57. The molecule has 1 atom stereocenters. The summed E-state index contributed by atoms with van der Waals surface area (Å²) in [7, 11) is 6.75. The van der Waals surface area contributed by atoms with Crippen molar-refractivity contribution in [3.8, 4) is 50.9 Å². The first-order valence-corrected chi connectivity index (χ1v) is 15.6. The third-order valence-corrected chi connectivity index (χ3v) is 9.66. The van der Waals surface area contributed by atoms with E-state index >= 15 is 0 Å². The molecule has 236 valence electrons. The van der Waals surface area contributed by atoms with E-state index < -0.39 is 5.41 Å². The molecule has 2 aliphatic carbocycles. The van der Waals surface area contributed by atoms with Crippen molar-refractivity contribution in [2.75, 3.05) is 28.4 Å². The molecule has 2 aliphatic rings. The van der Waals surface area contributed by atoms with Crippen LogP contribution < -0.4 is 18.9 Å². The summed E-state index contributed by atoms with van der Waals surface area (Å²) in [6.45, 7) is 13.2. The van der Waals surface area contributed by atoms with Gasteiger partial charge in [-0.25, -0.2) is 4.68 Å². The number of fused-ring (bicyclic) bond motifs is 10. The molecule has 0 aliphatic heterocycles. The number of ether oxygens (including phenoxy) is 4. The Labute approximate surface area is 271 Å². The monoisotopic (exact) mass is 615 g/mol. The molecule has 0 amide bonds. The van der Waals surface area contributed by atoms with E-state index in [1.807, 2.05) is 10.9 Å². The molecule has 0 saturated carbocycles. The molecule has 7 rings (SSSR count). The summed E-state index contributed by atoms with van der Waals surface area (Å²) >= 11 is 0. The standard InChI is InChI=1S/C39H41N3O4/c1-37(2,3)22-11-13-24-26-17-32(43-7)34(45-9)19-30(26)39(28(24)15-22)29-16-23(42-21-36(40-41-42)38(4,5)6)12-14-25(29)27-18-33(44-8)35(46-10)20-31(27)39/h11-21H,1-10H3. The van der Waals surface area contributed by atoms with Gasteiger partial charge in [0.1, 0.15) is 0 Å². The van der Waals surface area contributed by atoms with Gasteiger partial charge < -0.3 is 18.9 Å². The minimum atomic E-state index is -0.681. The van der Waals surface area contributed by atoms with Gasteiger partial charge in [-0.15, -0.1) is 5.10 Å². The van der Waals surface area contributed by atoms with Crippen LogP contribution in [0.2, 0.25) is 0 Å². The number of aromatic nitrogens is 3. The lowest BCUT2D eigenvalue weighted by molar-refractivity contribution is 0.354. The van der Waals surface area contributed by atoms with E-state index in [-0.39, 0.29) is 10.8 Å². The van der Waals surface area contributed by atoms with Gasteiger partial charge in [0.25, 0.3) is 0 Å². The normalized spacial score (nSPS) is 16.1. The summed E-state index contributed by atoms with van der Waals surface area (Å²) in [6, 6.07) is 22.0. The molecule has 0 N–H and O–H groups in total. The zero-order chi connectivity index (χ0) is 32.8. The summed E-state index contributed by atoms with van der Waals surface area (Å²) in [5.74, 6) is 2.75. The summed E-state index contributed by atoms with van der Waals surface area (Å²) in [4.78, 5) is 0. The average molecular weight is 616 g/mol. The van der Waals surface area contributed by atoms with Crippen molar-refractivity contribution in [1.29, 1.82) is 0 Å². The molecule has 0 bridgehead atoms. The summed E-state index contributed by atoms with van der Waals surface area (Å²) in [5, 5.41) is 9.11. The van der Waals surface area contributed by atoms with Crippen molar-refractivity contribution in [1.82, 2.24) is 15.0 Å². The number of benzene rings is 4. The van der Waals surface area contributed by atoms with E-state index in [4.69, 9.17) is 18.9 Å². The van der Waals surface area contributed by atoms with Crippen LogP contribution in [0.3, 0.4) is 0 Å². The first kappa shape index (κ1) is 29.9. The number of nitrogens with zero attached hydrogens (tertiary/aromatic N) is 3. The van der Waals surface area contributed by atoms with Crippen LogP contribution in [0.1, 0.15) is 75.1 Å². The highest BCUT2D eigenvalue weighted by Gasteiger charge is 2.53. The SMILES string of the molecule is COc1cc2c(cc1OC)C1(c3cc(-n4cc(C(C)(C)C)nn4)ccc3-2)c2cc(C(C)(C)C)ccc2-c2cc(OC)c(OC)cc21. The Balaban J connectivity index is 1.63. The smallest absolute Gasteiger partial charge is 0.161 e. The van der Waals surface area contributed by atoms with Crippen molar-refractivity contribution < 1.29 is 18.9 Å². The number of hydrogen-bond acceptors (Lipinski definition) is 6. The highest BCUT2D eigenvalue weighted by atomic mass is 16.5. The predicted octanol–water partition coefficient (Wildman–Crippen LogP) is 8.24. The zero-order valence-corrected chi connectivity index (χ0v) is 28.3. The fourth-order valence-corrected chi connectivity index (χ4v) is 7.20. The van der Waals surface area contributed by atoms with Crippen LogP contribution in [0.5, 0.6) is 23.0 Å². The fourth-order valence-electron chi connectivity index (χ4n) is 7.20. The highest BCUT2D eigenvalue weighted by molar-refractivity contribution is 5.97. The van der Waals surface area contributed by atoms with Crippen LogP contribution >= 0.6 is 0 Å². The molecule has 1 spiro atoms. The molecule has 46 heavy (non-hydrogen) atoms. The van der Waals surface area contributed by atoms with Gasteiger partial charge in [0.15, 0.2) is 23.0 Å². The summed E-state index contributed by atoms with van der Waals surface area (Å²) in [5.41, 5.74) is 11.4. The van der Waals surface area contributed by atoms with Gasteiger partial charge in [-0.05, 0) is 91.9 Å². The van der Waals surface area contributed by atoms with Crippen LogP contribution in [0.15, 0.2) is 66.9 Å². The molecule has 0 saturated heterocycles. The Morgan fingerprint density at radius 1 is 0.543 bits per heavy atom. The molecule has 7 heteroatoms. The van der Waals surface area contributed by atoms with E-state index in [2.05, 4.69) is 113 Å². The van der Waals surface area contributed by atoms with Crippen molar-refractivity contribution in [2.24, 2.45) is 0 Å². The van der Waals surface area contributed by atoms with Gasteiger partial charge in [-0.3, -0.25) is 0 Å². The fraction of sp³-hybridized carbons (Fsp3) is 0.333. The molecule has 4 aromatic carbocycles. The van der Waals surface area contributed by atoms with Gasteiger partial charge >= 0.3 is 0 Å². The van der Waals surface area contributed by atoms with E-state index in [0.29, 0.717) is 23.0 Å². The highest BCUT2D eigenvalue weighted by Crippen LogP contribution is 2.65. The molecule has 1 aromatic heterocycles. The van der Waals surface area contributed by atoms with Crippen molar-refractivity contribution in [3.05, 3.63) is 100 Å². The third kappa shape index (κ3) is 4.10. The maximum Gasteiger partial charge on any atom is 0.161 e. The van der Waals surface area contributed by atoms with Gasteiger partial charge in [-0.1, -0.05) is 71.0 Å². The summed E-state index contributed by atoms with van der Waals surface area (Å²) in [6.07, 6.45) is 2.03. The lowest BCUT2D eigenvalue weighted by Crippen LogP contribution is -2.27. The van der Waals surface area contributed by atoms with E-state index in [9.17, 15) is 0 Å². The lowest BCUT2D eigenvalue weighted by Gasteiger charge is -2.32. The topological polar surface area (TPSA) is 67.6 Å². The van der Waals surface area contributed by atoms with Gasteiger partial charge in [-0.2, -0.15) is 0 Å². The molecule has 7 nitrogen and oxygen atoms in total. The second-order valence-electron chi connectivity index (χ2n) is 14.3. The Morgan fingerprint density at radius 2 is 1.02 bits per heavy atom. The third-order valence-electron chi connectivity index (χ3n) is 9.66. The van der Waals surface area contributed by atoms with E-state index in [1.54, 1.807) is 28.4 Å². The van der Waals surface area contributed by atoms with Crippen LogP contribution in [0, 0.1) is 0 Å². The largest absolute Gasteiger partial charge is 0.493 e. The maximum absolute atomic E-state index is 5.93. The number of hydrogen-bond donors (Lipinski definition) is 0. The first-order valence-electron chi connectivity index (χ1n) is 15.6. The maximum atomic E-state index is 5.93. The molecule has 0 radical (unpaired) electrons. The van der Waals surface area contributed by atoms with Crippen molar-refractivity contribution in [3.63, 3.8) is 0 Å². The van der Waals surface area contributed by atoms with E-state index in [0.717, 1.165) is 44.8 Å². The van der Waals surface area contributed by atoms with Crippen LogP contribution in [-0.2, 0) is 16.2 Å². The van der Waals surface area contributed by atoms with Gasteiger partial charge in [0.05, 0.1) is 51.4 Å². The molecule has 1 unspecified atom stereocenters. The second-order valence-corrected chi connectivity index (χ2v) is 14.3. The number of methoxy groups -OCH3 is 4. The van der Waals surface area contributed by atoms with Crippen molar-refractivity contribution >= 4 is 0 Å². The minimum Gasteiger partial charge on any atom is -0.493 e. The minimum absolute atomic E-state index is 0.0613. The molecule has 5 aromatic rings. The summed E-state index contributed by atoms with van der Waals surface area (Å²) < 4.78 is 25.4. The van der Waals surface area contributed by atoms with Gasteiger partial charge in [0, 0.05) is 5.41 Å².